The maximum Gasteiger partial charge on any atom is 0.134 e. The van der Waals surface area contributed by atoms with Gasteiger partial charge in [-0.15, -0.1) is 0 Å². The first kappa shape index (κ1) is 23.8. The van der Waals surface area contributed by atoms with Crippen LogP contribution in [0.1, 0.15) is 54.9 Å². The molecule has 186 valence electrons. The molecule has 6 heteroatoms. The van der Waals surface area contributed by atoms with E-state index in [1.807, 2.05) is 49.2 Å². The first-order valence-electron chi connectivity index (χ1n) is 12.5. The second kappa shape index (κ2) is 9.97. The standard InChI is InChI=1S/C30H33N3O3/c1-6-22-17-35-29-11-10-24(15-28(22)29)30-16-25(13-20(3)36-30)31-21(4)23-8-7-9-27(14-23)34-18-26-12-19(2)32-33(26)5/h7-17,20-21,31H,6,18H2,1-5H3. The molecule has 2 unspecified atom stereocenters. The van der Waals surface area contributed by atoms with Crippen molar-refractivity contribution >= 4 is 16.7 Å². The van der Waals surface area contributed by atoms with Crippen LogP contribution in [0.3, 0.4) is 0 Å². The number of aryl methyl sites for hydroxylation is 3. The van der Waals surface area contributed by atoms with Crippen LogP contribution < -0.4 is 10.1 Å². The van der Waals surface area contributed by atoms with Gasteiger partial charge in [-0.05, 0) is 80.8 Å². The fraction of sp³-hybridized carbons (Fsp3) is 0.300. The number of rotatable bonds is 8. The summed E-state index contributed by atoms with van der Waals surface area (Å²) in [6, 6.07) is 16.6. The van der Waals surface area contributed by atoms with E-state index in [1.165, 1.54) is 5.56 Å². The summed E-state index contributed by atoms with van der Waals surface area (Å²) in [4.78, 5) is 0. The summed E-state index contributed by atoms with van der Waals surface area (Å²) in [5.74, 6) is 1.69. The highest BCUT2D eigenvalue weighted by atomic mass is 16.5. The van der Waals surface area contributed by atoms with E-state index in [0.29, 0.717) is 6.61 Å². The second-order valence-electron chi connectivity index (χ2n) is 9.41. The average Bonchev–Trinajstić information content (AvgIpc) is 3.43. The first-order valence-corrected chi connectivity index (χ1v) is 12.5. The van der Waals surface area contributed by atoms with Crippen molar-refractivity contribution in [3.8, 4) is 5.75 Å². The van der Waals surface area contributed by atoms with Crippen molar-refractivity contribution in [2.75, 3.05) is 0 Å². The summed E-state index contributed by atoms with van der Waals surface area (Å²) in [6.45, 7) is 8.82. The highest BCUT2D eigenvalue weighted by Crippen LogP contribution is 2.30. The second-order valence-corrected chi connectivity index (χ2v) is 9.41. The minimum absolute atomic E-state index is 0.0394. The molecular weight excluding hydrogens is 450 g/mol. The third kappa shape index (κ3) is 5.03. The molecule has 2 aromatic heterocycles. The lowest BCUT2D eigenvalue weighted by atomic mass is 10.0. The minimum Gasteiger partial charge on any atom is -0.487 e. The van der Waals surface area contributed by atoms with Gasteiger partial charge in [-0.25, -0.2) is 0 Å². The smallest absolute Gasteiger partial charge is 0.134 e. The van der Waals surface area contributed by atoms with Gasteiger partial charge in [0.05, 0.1) is 17.7 Å². The average molecular weight is 484 g/mol. The predicted molar refractivity (Wildman–Crippen MR) is 142 cm³/mol. The largest absolute Gasteiger partial charge is 0.487 e. The number of nitrogens with one attached hydrogen (secondary N) is 1. The van der Waals surface area contributed by atoms with Crippen LogP contribution in [0.25, 0.3) is 16.7 Å². The molecule has 2 aromatic carbocycles. The predicted octanol–water partition coefficient (Wildman–Crippen LogP) is 6.61. The lowest BCUT2D eigenvalue weighted by molar-refractivity contribution is 0.224. The Morgan fingerprint density at radius 2 is 2.03 bits per heavy atom. The first-order chi connectivity index (χ1) is 17.4. The number of fused-ring (bicyclic) bond motifs is 1. The Morgan fingerprint density at radius 1 is 1.17 bits per heavy atom. The zero-order valence-corrected chi connectivity index (χ0v) is 21.5. The van der Waals surface area contributed by atoms with E-state index in [2.05, 4.69) is 67.6 Å². The van der Waals surface area contributed by atoms with Crippen LogP contribution in [0.4, 0.5) is 0 Å². The quantitative estimate of drug-likeness (QED) is 0.306. The van der Waals surface area contributed by atoms with E-state index in [0.717, 1.165) is 57.1 Å². The third-order valence-corrected chi connectivity index (χ3v) is 6.56. The van der Waals surface area contributed by atoms with E-state index in [-0.39, 0.29) is 12.1 Å². The minimum atomic E-state index is -0.0394. The van der Waals surface area contributed by atoms with Crippen LogP contribution in [0, 0.1) is 6.92 Å². The van der Waals surface area contributed by atoms with E-state index in [4.69, 9.17) is 13.9 Å². The maximum absolute atomic E-state index is 6.18. The molecule has 4 aromatic rings. The molecule has 0 aliphatic carbocycles. The van der Waals surface area contributed by atoms with Gasteiger partial charge in [0, 0.05) is 35.8 Å². The zero-order chi connectivity index (χ0) is 25.2. The van der Waals surface area contributed by atoms with Crippen molar-refractivity contribution in [3.63, 3.8) is 0 Å². The van der Waals surface area contributed by atoms with Crippen LogP contribution >= 0.6 is 0 Å². The normalized spacial score (nSPS) is 16.3. The summed E-state index contributed by atoms with van der Waals surface area (Å²) in [7, 11) is 1.94. The molecule has 6 nitrogen and oxygen atoms in total. The van der Waals surface area contributed by atoms with Crippen molar-refractivity contribution in [2.24, 2.45) is 7.05 Å². The summed E-state index contributed by atoms with van der Waals surface area (Å²) in [6.07, 6.45) is 6.93. The number of hydrogen-bond acceptors (Lipinski definition) is 5. The number of ether oxygens (including phenoxy) is 2. The Morgan fingerprint density at radius 3 is 2.81 bits per heavy atom. The SMILES string of the molecule is CCc1coc2ccc(C3=CC(NC(C)c4cccc(OCc5cc(C)nn5C)c4)=CC(C)O3)cc12. The van der Waals surface area contributed by atoms with Crippen LogP contribution in [-0.2, 0) is 24.8 Å². The lowest BCUT2D eigenvalue weighted by Gasteiger charge is -2.24. The molecule has 1 aliphatic rings. The molecule has 5 rings (SSSR count). The van der Waals surface area contributed by atoms with Crippen molar-refractivity contribution in [1.29, 1.82) is 0 Å². The van der Waals surface area contributed by atoms with Gasteiger partial charge in [0.15, 0.2) is 0 Å². The van der Waals surface area contributed by atoms with Gasteiger partial charge < -0.3 is 19.2 Å². The molecular formula is C30H33N3O3. The molecule has 3 heterocycles. The summed E-state index contributed by atoms with van der Waals surface area (Å²) >= 11 is 0. The Bertz CT molecular complexity index is 1440. The van der Waals surface area contributed by atoms with Crippen molar-refractivity contribution in [1.82, 2.24) is 15.1 Å². The molecule has 0 radical (unpaired) electrons. The van der Waals surface area contributed by atoms with Crippen LogP contribution in [0.2, 0.25) is 0 Å². The molecule has 0 saturated carbocycles. The highest BCUT2D eigenvalue weighted by molar-refractivity contribution is 5.85. The Hall–Kier alpha value is -3.93. The number of nitrogens with zero attached hydrogens (tertiary/aromatic N) is 2. The van der Waals surface area contributed by atoms with Crippen molar-refractivity contribution in [3.05, 3.63) is 101 Å². The van der Waals surface area contributed by atoms with Crippen LogP contribution in [0.15, 0.2) is 77.1 Å². The summed E-state index contributed by atoms with van der Waals surface area (Å²) in [5.41, 5.74) is 7.38. The van der Waals surface area contributed by atoms with Crippen molar-refractivity contribution < 1.29 is 13.9 Å². The molecule has 2 atom stereocenters. The highest BCUT2D eigenvalue weighted by Gasteiger charge is 2.18. The van der Waals surface area contributed by atoms with E-state index >= 15 is 0 Å². The number of hydrogen-bond donors (Lipinski definition) is 1. The summed E-state index contributed by atoms with van der Waals surface area (Å²) < 4.78 is 19.8. The molecule has 0 fully saturated rings. The van der Waals surface area contributed by atoms with E-state index in [1.54, 1.807) is 0 Å². The number of furan rings is 1. The maximum atomic E-state index is 6.18. The van der Waals surface area contributed by atoms with E-state index < -0.39 is 0 Å². The lowest BCUT2D eigenvalue weighted by Crippen LogP contribution is -2.22. The number of benzene rings is 2. The van der Waals surface area contributed by atoms with Crippen LogP contribution in [-0.4, -0.2) is 15.9 Å². The van der Waals surface area contributed by atoms with E-state index in [9.17, 15) is 0 Å². The number of allylic oxidation sites excluding steroid dienone is 1. The Labute approximate surface area is 212 Å². The molecule has 0 amide bonds. The number of aromatic nitrogens is 2. The van der Waals surface area contributed by atoms with Gasteiger partial charge in [0.25, 0.3) is 0 Å². The molecule has 36 heavy (non-hydrogen) atoms. The molecule has 0 saturated heterocycles. The van der Waals surface area contributed by atoms with Crippen molar-refractivity contribution in [2.45, 2.75) is 52.9 Å². The monoisotopic (exact) mass is 483 g/mol. The Balaban J connectivity index is 1.31. The third-order valence-electron chi connectivity index (χ3n) is 6.56. The fourth-order valence-electron chi connectivity index (χ4n) is 4.62. The van der Waals surface area contributed by atoms with Gasteiger partial charge in [-0.2, -0.15) is 5.10 Å². The molecule has 1 N–H and O–H groups in total. The van der Waals surface area contributed by atoms with Gasteiger partial charge >= 0.3 is 0 Å². The molecule has 0 spiro atoms. The van der Waals surface area contributed by atoms with Crippen LogP contribution in [0.5, 0.6) is 5.75 Å². The molecule has 1 aliphatic heterocycles. The topological polar surface area (TPSA) is 61.5 Å². The zero-order valence-electron chi connectivity index (χ0n) is 21.5. The van der Waals surface area contributed by atoms with Gasteiger partial charge in [0.2, 0.25) is 0 Å². The fourth-order valence-corrected chi connectivity index (χ4v) is 4.62. The van der Waals surface area contributed by atoms with Gasteiger partial charge in [0.1, 0.15) is 29.8 Å². The van der Waals surface area contributed by atoms with Gasteiger partial charge in [-0.1, -0.05) is 19.1 Å². The summed E-state index contributed by atoms with van der Waals surface area (Å²) in [5, 5.41) is 9.18. The Kier molecular flexibility index (Phi) is 6.59. The molecule has 0 bridgehead atoms. The van der Waals surface area contributed by atoms with Gasteiger partial charge in [-0.3, -0.25) is 4.68 Å².